The van der Waals surface area contributed by atoms with Crippen molar-refractivity contribution < 1.29 is 4.79 Å². The number of hydrogen-bond acceptors (Lipinski definition) is 6. The summed E-state index contributed by atoms with van der Waals surface area (Å²) in [5.41, 5.74) is 2.94. The molecule has 2 aliphatic rings. The maximum absolute atomic E-state index is 12.2. The lowest BCUT2D eigenvalue weighted by Gasteiger charge is -2.24. The molecule has 150 valence electrons. The maximum Gasteiger partial charge on any atom is 0.247 e. The zero-order valence-corrected chi connectivity index (χ0v) is 16.6. The molecular weight excluding hydrogens is 366 g/mol. The average Bonchev–Trinajstić information content (AvgIpc) is 3.21. The van der Waals surface area contributed by atoms with E-state index < -0.39 is 5.41 Å². The van der Waals surface area contributed by atoms with Crippen LogP contribution in [0.15, 0.2) is 36.4 Å². The van der Waals surface area contributed by atoms with Gasteiger partial charge in [-0.2, -0.15) is 9.50 Å². The molecule has 0 radical (unpaired) electrons. The van der Waals surface area contributed by atoms with E-state index in [1.54, 1.807) is 0 Å². The number of hydrogen-bond donors (Lipinski definition) is 4. The van der Waals surface area contributed by atoms with E-state index in [1.165, 1.54) is 6.42 Å². The lowest BCUT2D eigenvalue weighted by atomic mass is 9.86. The highest BCUT2D eigenvalue weighted by Gasteiger charge is 2.38. The lowest BCUT2D eigenvalue weighted by Crippen LogP contribution is -2.38. The van der Waals surface area contributed by atoms with Gasteiger partial charge in [0.25, 0.3) is 0 Å². The number of benzene rings is 1. The number of anilines is 4. The van der Waals surface area contributed by atoms with Crippen molar-refractivity contribution in [2.75, 3.05) is 29.0 Å². The third kappa shape index (κ3) is 3.19. The number of amides is 1. The van der Waals surface area contributed by atoms with E-state index in [9.17, 15) is 4.79 Å². The number of pyridine rings is 1. The predicted octanol–water partition coefficient (Wildman–Crippen LogP) is 2.87. The fourth-order valence-corrected chi connectivity index (χ4v) is 4.05. The molecule has 1 saturated heterocycles. The number of fused-ring (bicyclic) bond motifs is 2. The molecule has 1 aromatic carbocycles. The lowest BCUT2D eigenvalue weighted by molar-refractivity contribution is -0.119. The van der Waals surface area contributed by atoms with Crippen molar-refractivity contribution >= 4 is 34.7 Å². The van der Waals surface area contributed by atoms with Crippen molar-refractivity contribution in [3.63, 3.8) is 0 Å². The topological polar surface area (TPSA) is 95.4 Å². The van der Waals surface area contributed by atoms with Gasteiger partial charge in [0.1, 0.15) is 5.82 Å². The van der Waals surface area contributed by atoms with Gasteiger partial charge in [0, 0.05) is 24.0 Å². The first-order valence-electron chi connectivity index (χ1n) is 10.1. The minimum absolute atomic E-state index is 0.0171. The Morgan fingerprint density at radius 1 is 1.24 bits per heavy atom. The van der Waals surface area contributed by atoms with Crippen LogP contribution < -0.4 is 21.3 Å². The summed E-state index contributed by atoms with van der Waals surface area (Å²) in [5.74, 6) is 1.47. The number of piperidine rings is 1. The first-order valence-corrected chi connectivity index (χ1v) is 10.1. The molecule has 8 nitrogen and oxygen atoms in total. The largest absolute Gasteiger partial charge is 0.366 e. The molecule has 29 heavy (non-hydrogen) atoms. The van der Waals surface area contributed by atoms with Crippen LogP contribution in [0.1, 0.15) is 32.3 Å². The van der Waals surface area contributed by atoms with Crippen LogP contribution in [-0.4, -0.2) is 39.6 Å². The number of nitrogens with zero attached hydrogens (tertiary/aromatic N) is 3. The molecule has 3 aromatic rings. The molecule has 1 atom stereocenters. The third-order valence-corrected chi connectivity index (χ3v) is 5.77. The summed E-state index contributed by atoms with van der Waals surface area (Å²) in [6.45, 7) is 5.90. The standard InChI is InChI=1S/C21H25N7O/c1-21(2)15-9-8-13(11-16(15)25-19(21)29)24-20-26-18-7-3-6-17(28(18)27-20)23-14-5-4-10-22-12-14/h3,6-9,11,14,22-23H,4-5,10,12H2,1-2H3,(H,24,27)(H,25,29). The Balaban J connectivity index is 1.40. The van der Waals surface area contributed by atoms with Crippen LogP contribution in [0.2, 0.25) is 0 Å². The Morgan fingerprint density at radius 2 is 2.14 bits per heavy atom. The Kier molecular flexibility index (Phi) is 4.16. The van der Waals surface area contributed by atoms with Crippen molar-refractivity contribution in [3.05, 3.63) is 42.0 Å². The van der Waals surface area contributed by atoms with Crippen LogP contribution in [0, 0.1) is 0 Å². The highest BCUT2D eigenvalue weighted by molar-refractivity contribution is 6.06. The smallest absolute Gasteiger partial charge is 0.247 e. The van der Waals surface area contributed by atoms with Crippen molar-refractivity contribution in [1.82, 2.24) is 19.9 Å². The summed E-state index contributed by atoms with van der Waals surface area (Å²) in [6.07, 6.45) is 2.31. The van der Waals surface area contributed by atoms with Crippen LogP contribution >= 0.6 is 0 Å². The van der Waals surface area contributed by atoms with E-state index in [-0.39, 0.29) is 5.91 Å². The molecule has 4 heterocycles. The minimum Gasteiger partial charge on any atom is -0.366 e. The Morgan fingerprint density at radius 3 is 2.97 bits per heavy atom. The minimum atomic E-state index is -0.510. The molecule has 1 fully saturated rings. The quantitative estimate of drug-likeness (QED) is 0.546. The highest BCUT2D eigenvalue weighted by atomic mass is 16.2. The number of aromatic nitrogens is 3. The number of carbonyl (C=O) groups is 1. The van der Waals surface area contributed by atoms with Gasteiger partial charge in [-0.15, -0.1) is 5.10 Å². The molecule has 4 N–H and O–H groups in total. The zero-order chi connectivity index (χ0) is 20.0. The van der Waals surface area contributed by atoms with Gasteiger partial charge < -0.3 is 21.3 Å². The van der Waals surface area contributed by atoms with Crippen molar-refractivity contribution in [2.45, 2.75) is 38.1 Å². The van der Waals surface area contributed by atoms with E-state index in [4.69, 9.17) is 0 Å². The molecule has 8 heteroatoms. The fraction of sp³-hybridized carbons (Fsp3) is 0.381. The van der Waals surface area contributed by atoms with E-state index in [0.29, 0.717) is 12.0 Å². The summed E-state index contributed by atoms with van der Waals surface area (Å²) < 4.78 is 1.83. The van der Waals surface area contributed by atoms with Crippen LogP contribution in [0.4, 0.5) is 23.1 Å². The first-order chi connectivity index (χ1) is 14.0. The van der Waals surface area contributed by atoms with E-state index in [2.05, 4.69) is 31.3 Å². The third-order valence-electron chi connectivity index (χ3n) is 5.77. The molecule has 1 amide bonds. The summed E-state index contributed by atoms with van der Waals surface area (Å²) in [4.78, 5) is 16.8. The Labute approximate surface area is 169 Å². The fourth-order valence-electron chi connectivity index (χ4n) is 4.05. The molecule has 0 saturated carbocycles. The van der Waals surface area contributed by atoms with E-state index in [1.807, 2.05) is 54.8 Å². The molecule has 0 aliphatic carbocycles. The van der Waals surface area contributed by atoms with Gasteiger partial charge in [0.2, 0.25) is 11.9 Å². The van der Waals surface area contributed by atoms with Gasteiger partial charge in [0.15, 0.2) is 5.65 Å². The van der Waals surface area contributed by atoms with Crippen molar-refractivity contribution in [1.29, 1.82) is 0 Å². The van der Waals surface area contributed by atoms with Gasteiger partial charge in [-0.1, -0.05) is 12.1 Å². The second-order valence-electron chi connectivity index (χ2n) is 8.27. The van der Waals surface area contributed by atoms with E-state index in [0.717, 1.165) is 47.9 Å². The van der Waals surface area contributed by atoms with Gasteiger partial charge in [-0.05, 0) is 63.1 Å². The maximum atomic E-state index is 12.2. The normalized spacial score (nSPS) is 20.3. The summed E-state index contributed by atoms with van der Waals surface area (Å²) in [5, 5.41) is 17.8. The van der Waals surface area contributed by atoms with Crippen molar-refractivity contribution in [3.8, 4) is 0 Å². The van der Waals surface area contributed by atoms with Crippen LogP contribution in [0.25, 0.3) is 5.65 Å². The number of carbonyl (C=O) groups excluding carboxylic acids is 1. The molecule has 2 aliphatic heterocycles. The predicted molar refractivity (Wildman–Crippen MR) is 114 cm³/mol. The van der Waals surface area contributed by atoms with E-state index >= 15 is 0 Å². The van der Waals surface area contributed by atoms with Gasteiger partial charge in [-0.25, -0.2) is 0 Å². The van der Waals surface area contributed by atoms with Crippen LogP contribution in [0.3, 0.4) is 0 Å². The first kappa shape index (κ1) is 17.9. The molecule has 5 rings (SSSR count). The molecule has 0 spiro atoms. The molecule has 0 bridgehead atoms. The van der Waals surface area contributed by atoms with Crippen LogP contribution in [-0.2, 0) is 10.2 Å². The summed E-state index contributed by atoms with van der Waals surface area (Å²) >= 11 is 0. The number of rotatable bonds is 4. The SMILES string of the molecule is CC1(C)C(=O)Nc2cc(Nc3nc4cccc(NC5CCCNC5)n4n3)ccc21. The average molecular weight is 391 g/mol. The highest BCUT2D eigenvalue weighted by Crippen LogP contribution is 2.38. The number of nitrogens with one attached hydrogen (secondary N) is 4. The summed E-state index contributed by atoms with van der Waals surface area (Å²) in [7, 11) is 0. The second-order valence-corrected chi connectivity index (χ2v) is 8.27. The van der Waals surface area contributed by atoms with Crippen LogP contribution in [0.5, 0.6) is 0 Å². The molecular formula is C21H25N7O. The van der Waals surface area contributed by atoms with Crippen molar-refractivity contribution in [2.24, 2.45) is 0 Å². The summed E-state index contributed by atoms with van der Waals surface area (Å²) in [6, 6.07) is 12.2. The van der Waals surface area contributed by atoms with Gasteiger partial charge in [-0.3, -0.25) is 4.79 Å². The molecule has 1 unspecified atom stereocenters. The Bertz CT molecular complexity index is 1080. The van der Waals surface area contributed by atoms with Gasteiger partial charge >= 0.3 is 0 Å². The van der Waals surface area contributed by atoms with Gasteiger partial charge in [0.05, 0.1) is 5.41 Å². The Hall–Kier alpha value is -3.13. The zero-order valence-electron chi connectivity index (χ0n) is 16.6. The monoisotopic (exact) mass is 391 g/mol. The molecule has 2 aromatic heterocycles. The second kappa shape index (κ2) is 6.73.